The molecule has 0 radical (unpaired) electrons. The van der Waals surface area contributed by atoms with Crippen LogP contribution in [0.4, 0.5) is 28.4 Å². The molecule has 1 unspecified atom stereocenters. The predicted molar refractivity (Wildman–Crippen MR) is 125 cm³/mol. The molecule has 0 aromatic heterocycles. The van der Waals surface area contributed by atoms with Crippen molar-refractivity contribution in [2.24, 2.45) is 0 Å². The van der Waals surface area contributed by atoms with E-state index in [1.165, 1.54) is 23.1 Å². The lowest BCUT2D eigenvalue weighted by Crippen LogP contribution is -2.48. The summed E-state index contributed by atoms with van der Waals surface area (Å²) in [7, 11) is 0. The van der Waals surface area contributed by atoms with Gasteiger partial charge in [-0.05, 0) is 48.9 Å². The zero-order valence-corrected chi connectivity index (χ0v) is 17.9. The normalized spacial score (nSPS) is 14.8. The number of nitrogens with one attached hydrogen (secondary N) is 2. The van der Waals surface area contributed by atoms with Crippen LogP contribution in [-0.4, -0.2) is 29.4 Å². The Morgan fingerprint density at radius 2 is 1.70 bits per heavy atom. The molecule has 1 heterocycles. The van der Waals surface area contributed by atoms with Gasteiger partial charge in [0.2, 0.25) is 5.91 Å². The third kappa shape index (κ3) is 4.93. The molecule has 0 aliphatic carbocycles. The molecule has 1 aliphatic heterocycles. The largest absolute Gasteiger partial charge is 0.478 e. The molecule has 3 aromatic carbocycles. The monoisotopic (exact) mass is 446 g/mol. The maximum atomic E-state index is 12.8. The summed E-state index contributed by atoms with van der Waals surface area (Å²) in [6.45, 7) is 1.50. The maximum absolute atomic E-state index is 12.8. The van der Waals surface area contributed by atoms with Crippen molar-refractivity contribution in [1.29, 1.82) is 0 Å². The first kappa shape index (κ1) is 21.8. The van der Waals surface area contributed by atoms with E-state index in [1.807, 2.05) is 42.5 Å². The maximum Gasteiger partial charge on any atom is 0.271 e. The van der Waals surface area contributed by atoms with Gasteiger partial charge < -0.3 is 15.4 Å². The fraction of sp³-hybridized carbons (Fsp3) is 0.167. The Morgan fingerprint density at radius 3 is 2.36 bits per heavy atom. The highest BCUT2D eigenvalue weighted by Crippen LogP contribution is 2.37. The van der Waals surface area contributed by atoms with Crippen LogP contribution >= 0.6 is 0 Å². The number of benzene rings is 3. The fourth-order valence-corrected chi connectivity index (χ4v) is 3.52. The predicted octanol–water partition coefficient (Wildman–Crippen LogP) is 4.48. The van der Waals surface area contributed by atoms with E-state index >= 15 is 0 Å². The van der Waals surface area contributed by atoms with Gasteiger partial charge in [0.1, 0.15) is 12.3 Å². The van der Waals surface area contributed by atoms with Crippen LogP contribution in [0.15, 0.2) is 72.8 Å². The second-order valence-electron chi connectivity index (χ2n) is 7.46. The van der Waals surface area contributed by atoms with E-state index < -0.39 is 22.8 Å². The highest BCUT2D eigenvalue weighted by Gasteiger charge is 2.35. The summed E-state index contributed by atoms with van der Waals surface area (Å²) in [4.78, 5) is 37.4. The quantitative estimate of drug-likeness (QED) is 0.409. The average molecular weight is 446 g/mol. The lowest BCUT2D eigenvalue weighted by atomic mass is 10.1. The molecule has 1 atom stereocenters. The van der Waals surface area contributed by atoms with Gasteiger partial charge in [-0.25, -0.2) is 0 Å². The van der Waals surface area contributed by atoms with Crippen molar-refractivity contribution in [3.05, 3.63) is 82.9 Å². The van der Waals surface area contributed by atoms with Gasteiger partial charge in [0, 0.05) is 29.2 Å². The molecule has 0 bridgehead atoms. The Kier molecular flexibility index (Phi) is 6.21. The van der Waals surface area contributed by atoms with E-state index in [0.717, 1.165) is 11.4 Å². The molecular formula is C24H22N4O5. The van der Waals surface area contributed by atoms with Gasteiger partial charge in [0.25, 0.3) is 11.6 Å². The number of nitrogens with zero attached hydrogens (tertiary/aromatic N) is 2. The second kappa shape index (κ2) is 9.39. The third-order valence-electron chi connectivity index (χ3n) is 5.16. The zero-order chi connectivity index (χ0) is 23.4. The molecule has 0 spiro atoms. The topological polar surface area (TPSA) is 114 Å². The van der Waals surface area contributed by atoms with Gasteiger partial charge >= 0.3 is 0 Å². The van der Waals surface area contributed by atoms with Gasteiger partial charge in [-0.1, -0.05) is 25.1 Å². The van der Waals surface area contributed by atoms with E-state index in [4.69, 9.17) is 4.74 Å². The van der Waals surface area contributed by atoms with Gasteiger partial charge in [0.15, 0.2) is 6.10 Å². The van der Waals surface area contributed by atoms with Gasteiger partial charge in [-0.15, -0.1) is 0 Å². The van der Waals surface area contributed by atoms with Crippen molar-refractivity contribution in [2.75, 3.05) is 22.1 Å². The van der Waals surface area contributed by atoms with Gasteiger partial charge in [-0.2, -0.15) is 0 Å². The summed E-state index contributed by atoms with van der Waals surface area (Å²) in [5.41, 5.74) is 2.38. The molecule has 2 N–H and O–H groups in total. The van der Waals surface area contributed by atoms with Crippen LogP contribution in [0.3, 0.4) is 0 Å². The number of para-hydroxylation sites is 1. The van der Waals surface area contributed by atoms with Crippen LogP contribution < -0.4 is 20.3 Å². The first-order valence-electron chi connectivity index (χ1n) is 10.4. The van der Waals surface area contributed by atoms with Crippen LogP contribution in [0.5, 0.6) is 5.75 Å². The summed E-state index contributed by atoms with van der Waals surface area (Å²) in [5.74, 6) is -0.513. The summed E-state index contributed by atoms with van der Waals surface area (Å²) in [6.07, 6.45) is -0.349. The number of nitro benzene ring substituents is 1. The standard InChI is InChI=1S/C24H22N4O5/c1-2-21-24(30)27(20-14-19(28(31)32)12-13-22(20)33-21)15-23(29)26-18-10-8-17(9-11-18)25-16-6-4-3-5-7-16/h3-14,21,25H,2,15H2,1H3,(H,26,29). The van der Waals surface area contributed by atoms with Crippen LogP contribution in [0, 0.1) is 10.1 Å². The molecule has 3 aromatic rings. The molecule has 0 saturated heterocycles. The minimum atomic E-state index is -0.755. The van der Waals surface area contributed by atoms with Crippen LogP contribution in [0.1, 0.15) is 13.3 Å². The average Bonchev–Trinajstić information content (AvgIpc) is 2.82. The Morgan fingerprint density at radius 1 is 1.03 bits per heavy atom. The lowest BCUT2D eigenvalue weighted by molar-refractivity contribution is -0.384. The molecule has 1 aliphatic rings. The number of fused-ring (bicyclic) bond motifs is 1. The minimum Gasteiger partial charge on any atom is -0.478 e. The van der Waals surface area contributed by atoms with Crippen molar-refractivity contribution in [1.82, 2.24) is 0 Å². The number of rotatable bonds is 7. The molecule has 4 rings (SSSR count). The Balaban J connectivity index is 1.48. The highest BCUT2D eigenvalue weighted by atomic mass is 16.6. The first-order valence-corrected chi connectivity index (χ1v) is 10.4. The van der Waals surface area contributed by atoms with Crippen molar-refractivity contribution in [3.63, 3.8) is 0 Å². The molecule has 168 valence electrons. The van der Waals surface area contributed by atoms with E-state index in [-0.39, 0.29) is 17.9 Å². The molecule has 0 saturated carbocycles. The highest BCUT2D eigenvalue weighted by molar-refractivity contribution is 6.06. The van der Waals surface area contributed by atoms with Gasteiger partial charge in [-0.3, -0.25) is 24.6 Å². The Hall–Kier alpha value is -4.40. The number of nitro groups is 1. The molecule has 0 fully saturated rings. The fourth-order valence-electron chi connectivity index (χ4n) is 3.52. The molecule has 2 amide bonds. The number of anilines is 4. The number of non-ortho nitro benzene ring substituents is 1. The Bertz CT molecular complexity index is 1180. The van der Waals surface area contributed by atoms with Crippen molar-refractivity contribution in [2.45, 2.75) is 19.4 Å². The summed E-state index contributed by atoms with van der Waals surface area (Å²) in [6, 6.07) is 20.8. The van der Waals surface area contributed by atoms with Crippen molar-refractivity contribution in [3.8, 4) is 5.75 Å². The molecule has 9 heteroatoms. The number of hydrogen-bond donors (Lipinski definition) is 2. The van der Waals surface area contributed by atoms with Crippen LogP contribution in [-0.2, 0) is 9.59 Å². The number of carbonyl (C=O) groups is 2. The number of hydrogen-bond acceptors (Lipinski definition) is 6. The van der Waals surface area contributed by atoms with Crippen LogP contribution in [0.25, 0.3) is 0 Å². The molecule has 33 heavy (non-hydrogen) atoms. The SMILES string of the molecule is CCC1Oc2ccc([N+](=O)[O-])cc2N(CC(=O)Nc2ccc(Nc3ccccc3)cc2)C1=O. The van der Waals surface area contributed by atoms with Crippen molar-refractivity contribution >= 4 is 40.3 Å². The van der Waals surface area contributed by atoms with E-state index in [2.05, 4.69) is 10.6 Å². The molecule has 9 nitrogen and oxygen atoms in total. The smallest absolute Gasteiger partial charge is 0.271 e. The van der Waals surface area contributed by atoms with E-state index in [9.17, 15) is 19.7 Å². The van der Waals surface area contributed by atoms with E-state index in [1.54, 1.807) is 19.1 Å². The third-order valence-corrected chi connectivity index (χ3v) is 5.16. The number of carbonyl (C=O) groups excluding carboxylic acids is 2. The van der Waals surface area contributed by atoms with Crippen LogP contribution in [0.2, 0.25) is 0 Å². The summed E-state index contributed by atoms with van der Waals surface area (Å²) < 4.78 is 5.67. The van der Waals surface area contributed by atoms with E-state index in [0.29, 0.717) is 17.9 Å². The number of amides is 2. The van der Waals surface area contributed by atoms with Crippen molar-refractivity contribution < 1.29 is 19.2 Å². The number of ether oxygens (including phenoxy) is 1. The Labute approximate surface area is 190 Å². The lowest BCUT2D eigenvalue weighted by Gasteiger charge is -2.33. The first-order chi connectivity index (χ1) is 15.9. The minimum absolute atomic E-state index is 0.188. The summed E-state index contributed by atoms with van der Waals surface area (Å²) in [5, 5.41) is 17.2. The van der Waals surface area contributed by atoms with Gasteiger partial charge in [0.05, 0.1) is 10.6 Å². The zero-order valence-electron chi connectivity index (χ0n) is 17.9. The molecular weight excluding hydrogens is 424 g/mol. The second-order valence-corrected chi connectivity index (χ2v) is 7.46. The summed E-state index contributed by atoms with van der Waals surface area (Å²) >= 11 is 0.